The van der Waals surface area contributed by atoms with Gasteiger partial charge in [-0.15, -0.1) is 0 Å². The Bertz CT molecular complexity index is 1150. The highest BCUT2D eigenvalue weighted by Gasteiger charge is 2.39. The zero-order valence-electron chi connectivity index (χ0n) is 21.7. The lowest BCUT2D eigenvalue weighted by molar-refractivity contribution is -0.146. The first-order chi connectivity index (χ1) is 17.6. The fourth-order valence-electron chi connectivity index (χ4n) is 3.44. The van der Waals surface area contributed by atoms with Gasteiger partial charge < -0.3 is 20.3 Å². The summed E-state index contributed by atoms with van der Waals surface area (Å²) >= 11 is 0. The molecule has 0 saturated heterocycles. The van der Waals surface area contributed by atoms with E-state index in [1.807, 2.05) is 0 Å². The van der Waals surface area contributed by atoms with Crippen LogP contribution in [0.15, 0.2) is 30.3 Å². The molecule has 0 fully saturated rings. The van der Waals surface area contributed by atoms with Crippen molar-refractivity contribution in [2.75, 3.05) is 13.1 Å². The van der Waals surface area contributed by atoms with Crippen LogP contribution in [-0.2, 0) is 27.4 Å². The van der Waals surface area contributed by atoms with Crippen molar-refractivity contribution in [3.05, 3.63) is 70.5 Å². The van der Waals surface area contributed by atoms with E-state index in [0.717, 1.165) is 4.90 Å². The second-order valence-corrected chi connectivity index (χ2v) is 10.0. The van der Waals surface area contributed by atoms with E-state index in [-0.39, 0.29) is 6.61 Å². The van der Waals surface area contributed by atoms with Gasteiger partial charge in [0.1, 0.15) is 18.7 Å². The van der Waals surface area contributed by atoms with Gasteiger partial charge in [-0.1, -0.05) is 30.3 Å². The van der Waals surface area contributed by atoms with Crippen LogP contribution in [0.4, 0.5) is 26.7 Å². The predicted octanol–water partition coefficient (Wildman–Crippen LogP) is 4.37. The number of hydrogen-bond donors (Lipinski definition) is 2. The minimum atomic E-state index is -2.31. The van der Waals surface area contributed by atoms with E-state index in [2.05, 4.69) is 10.6 Å². The number of carbonyl (C=O) groups excluding carboxylic acids is 3. The Morgan fingerprint density at radius 2 is 1.37 bits per heavy atom. The number of halogens is 5. The third-order valence-electron chi connectivity index (χ3n) is 5.50. The molecule has 0 radical (unpaired) electrons. The summed E-state index contributed by atoms with van der Waals surface area (Å²) < 4.78 is 74.3. The van der Waals surface area contributed by atoms with E-state index < -0.39 is 83.1 Å². The Morgan fingerprint density at radius 1 is 0.842 bits per heavy atom. The van der Waals surface area contributed by atoms with Gasteiger partial charge in [-0.3, -0.25) is 9.59 Å². The molecular weight excluding hydrogens is 513 g/mol. The summed E-state index contributed by atoms with van der Waals surface area (Å²) in [6.45, 7) is 6.39. The summed E-state index contributed by atoms with van der Waals surface area (Å²) in [7, 11) is 0. The summed E-state index contributed by atoms with van der Waals surface area (Å²) in [5.74, 6) is -12.1. The van der Waals surface area contributed by atoms with Crippen LogP contribution in [0.2, 0.25) is 0 Å². The lowest BCUT2D eigenvalue weighted by Gasteiger charge is -2.39. The van der Waals surface area contributed by atoms with Gasteiger partial charge in [0.15, 0.2) is 23.3 Å². The summed E-state index contributed by atoms with van der Waals surface area (Å²) in [5.41, 5.74) is -2.81. The molecule has 0 aromatic heterocycles. The maximum atomic E-state index is 14.2. The van der Waals surface area contributed by atoms with Gasteiger partial charge in [0.25, 0.3) is 0 Å². The van der Waals surface area contributed by atoms with Gasteiger partial charge >= 0.3 is 6.09 Å². The number of hydrogen-bond acceptors (Lipinski definition) is 4. The van der Waals surface area contributed by atoms with E-state index in [9.17, 15) is 36.3 Å². The summed E-state index contributed by atoms with van der Waals surface area (Å²) in [6, 6.07) is 8.70. The molecule has 2 aromatic carbocycles. The Morgan fingerprint density at radius 3 is 1.89 bits per heavy atom. The van der Waals surface area contributed by atoms with Crippen molar-refractivity contribution in [3.8, 4) is 0 Å². The average molecular weight is 544 g/mol. The molecule has 2 N–H and O–H groups in total. The molecule has 0 aliphatic carbocycles. The topological polar surface area (TPSA) is 87.7 Å². The molecule has 0 aliphatic rings. The van der Waals surface area contributed by atoms with Crippen molar-refractivity contribution in [1.82, 2.24) is 15.5 Å². The van der Waals surface area contributed by atoms with Crippen LogP contribution in [-0.4, -0.2) is 47.0 Å². The van der Waals surface area contributed by atoms with Crippen LogP contribution < -0.4 is 10.6 Å². The molecule has 12 heteroatoms. The van der Waals surface area contributed by atoms with Crippen molar-refractivity contribution in [3.63, 3.8) is 0 Å². The van der Waals surface area contributed by atoms with Crippen molar-refractivity contribution in [2.24, 2.45) is 0 Å². The van der Waals surface area contributed by atoms with Crippen LogP contribution in [0.5, 0.6) is 0 Å². The smallest absolute Gasteiger partial charge is 0.407 e. The zero-order chi connectivity index (χ0) is 28.8. The molecule has 0 saturated carbocycles. The molecular formula is C26H30F5N3O4. The molecule has 0 heterocycles. The Labute approximate surface area is 217 Å². The lowest BCUT2D eigenvalue weighted by Crippen LogP contribution is -2.61. The fourth-order valence-corrected chi connectivity index (χ4v) is 3.44. The van der Waals surface area contributed by atoms with E-state index in [0.29, 0.717) is 5.56 Å². The van der Waals surface area contributed by atoms with Crippen LogP contribution in [0.3, 0.4) is 0 Å². The summed E-state index contributed by atoms with van der Waals surface area (Å²) in [4.78, 5) is 39.1. The monoisotopic (exact) mass is 543 g/mol. The standard InChI is InChI=1S/C26H30F5N3O4/c1-25(2,3)33-23(36)26(4,5)34(12-11-16-18(27)20(29)22(31)21(30)19(16)28)17(35)13-32-24(37)38-14-15-9-7-6-8-10-15/h6-10H,11-14H2,1-5H3,(H,32,37)(H,33,36). The van der Waals surface area contributed by atoms with Gasteiger partial charge in [0.05, 0.1) is 0 Å². The van der Waals surface area contributed by atoms with Gasteiger partial charge in [-0.05, 0) is 46.6 Å². The minimum absolute atomic E-state index is 0.0791. The first kappa shape index (κ1) is 30.5. The second kappa shape index (κ2) is 12.2. The van der Waals surface area contributed by atoms with E-state index >= 15 is 0 Å². The largest absolute Gasteiger partial charge is 0.445 e. The van der Waals surface area contributed by atoms with Crippen molar-refractivity contribution >= 4 is 17.9 Å². The molecule has 0 bridgehead atoms. The normalized spacial score (nSPS) is 11.6. The van der Waals surface area contributed by atoms with Crippen molar-refractivity contribution < 1.29 is 41.1 Å². The van der Waals surface area contributed by atoms with E-state index in [4.69, 9.17) is 4.74 Å². The molecule has 7 nitrogen and oxygen atoms in total. The minimum Gasteiger partial charge on any atom is -0.445 e. The third-order valence-corrected chi connectivity index (χ3v) is 5.50. The number of carbonyl (C=O) groups is 3. The summed E-state index contributed by atoms with van der Waals surface area (Å²) in [6.07, 6.45) is -1.75. The number of alkyl carbamates (subject to hydrolysis) is 1. The number of benzene rings is 2. The highest BCUT2D eigenvalue weighted by atomic mass is 19.2. The van der Waals surface area contributed by atoms with E-state index in [1.165, 1.54) is 13.8 Å². The fraction of sp³-hybridized carbons (Fsp3) is 0.423. The number of amides is 3. The Kier molecular flexibility index (Phi) is 9.82. The van der Waals surface area contributed by atoms with Gasteiger partial charge in [0, 0.05) is 17.6 Å². The highest BCUT2D eigenvalue weighted by molar-refractivity contribution is 5.92. The predicted molar refractivity (Wildman–Crippen MR) is 128 cm³/mol. The molecule has 0 aliphatic heterocycles. The lowest BCUT2D eigenvalue weighted by atomic mass is 9.97. The first-order valence-corrected chi connectivity index (χ1v) is 11.6. The molecule has 0 spiro atoms. The third kappa shape index (κ3) is 7.65. The number of ether oxygens (including phenoxy) is 1. The maximum Gasteiger partial charge on any atom is 0.407 e. The first-order valence-electron chi connectivity index (χ1n) is 11.6. The van der Waals surface area contributed by atoms with Gasteiger partial charge in [-0.25, -0.2) is 26.7 Å². The molecule has 3 amide bonds. The molecule has 38 heavy (non-hydrogen) atoms. The number of rotatable bonds is 9. The summed E-state index contributed by atoms with van der Waals surface area (Å²) in [5, 5.41) is 4.92. The number of nitrogens with zero attached hydrogens (tertiary/aromatic N) is 1. The highest BCUT2D eigenvalue weighted by Crippen LogP contribution is 2.25. The number of nitrogens with one attached hydrogen (secondary N) is 2. The zero-order valence-corrected chi connectivity index (χ0v) is 21.7. The molecule has 208 valence electrons. The SMILES string of the molecule is CC(C)(C)NC(=O)C(C)(C)N(CCc1c(F)c(F)c(F)c(F)c1F)C(=O)CNC(=O)OCc1ccccc1. The van der Waals surface area contributed by atoms with Crippen LogP contribution in [0.1, 0.15) is 45.7 Å². The van der Waals surface area contributed by atoms with Crippen LogP contribution in [0, 0.1) is 29.1 Å². The Balaban J connectivity index is 2.23. The van der Waals surface area contributed by atoms with Crippen molar-refractivity contribution in [1.29, 1.82) is 0 Å². The van der Waals surface area contributed by atoms with E-state index in [1.54, 1.807) is 51.1 Å². The van der Waals surface area contributed by atoms with Crippen molar-refractivity contribution in [2.45, 2.75) is 58.7 Å². The van der Waals surface area contributed by atoms with Crippen LogP contribution >= 0.6 is 0 Å². The van der Waals surface area contributed by atoms with Gasteiger partial charge in [-0.2, -0.15) is 0 Å². The van der Waals surface area contributed by atoms with Crippen LogP contribution in [0.25, 0.3) is 0 Å². The Hall–Kier alpha value is -3.70. The molecule has 2 aromatic rings. The maximum absolute atomic E-state index is 14.2. The quantitative estimate of drug-likeness (QED) is 0.279. The average Bonchev–Trinajstić information content (AvgIpc) is 2.85. The van der Waals surface area contributed by atoms with Gasteiger partial charge in [0.2, 0.25) is 17.6 Å². The molecule has 2 rings (SSSR count). The molecule has 0 atom stereocenters. The second-order valence-electron chi connectivity index (χ2n) is 10.0. The molecule has 0 unspecified atom stereocenters.